The number of nitrogens with one attached hydrogen (secondary N) is 1. The van der Waals surface area contributed by atoms with Crippen molar-refractivity contribution in [1.82, 2.24) is 9.88 Å². The molecule has 0 fully saturated rings. The Balaban J connectivity index is 2.34. The summed E-state index contributed by atoms with van der Waals surface area (Å²) in [6.07, 6.45) is 4.49. The first-order valence-corrected chi connectivity index (χ1v) is 6.32. The first kappa shape index (κ1) is 14.7. The Hall–Kier alpha value is -1.33. The molecule has 0 radical (unpaired) electrons. The average Bonchev–Trinajstić information content (AvgIpc) is 2.84. The van der Waals surface area contributed by atoms with E-state index >= 15 is 0 Å². The van der Waals surface area contributed by atoms with Gasteiger partial charge in [0.05, 0.1) is 6.61 Å². The predicted octanol–water partition coefficient (Wildman–Crippen LogP) is 1.03. The molecule has 2 N–H and O–H groups in total. The van der Waals surface area contributed by atoms with Crippen molar-refractivity contribution in [3.05, 3.63) is 24.0 Å². The molecule has 1 rings (SSSR count). The lowest BCUT2D eigenvalue weighted by molar-refractivity contribution is 0.0941. The number of nitrogens with zero attached hydrogens (tertiary/aromatic N) is 1. The third-order valence-electron chi connectivity index (χ3n) is 2.72. The number of rotatable bonds is 9. The number of carbonyl (C=O) groups excluding carboxylic acids is 1. The molecule has 0 aromatic carbocycles. The van der Waals surface area contributed by atoms with Crippen molar-refractivity contribution in [2.75, 3.05) is 26.9 Å². The van der Waals surface area contributed by atoms with Crippen LogP contribution in [0.3, 0.4) is 0 Å². The van der Waals surface area contributed by atoms with Crippen molar-refractivity contribution in [1.29, 1.82) is 0 Å². The zero-order valence-corrected chi connectivity index (χ0v) is 10.9. The van der Waals surface area contributed by atoms with Gasteiger partial charge in [-0.1, -0.05) is 0 Å². The van der Waals surface area contributed by atoms with Gasteiger partial charge in [0.1, 0.15) is 5.69 Å². The molecule has 0 unspecified atom stereocenters. The van der Waals surface area contributed by atoms with Crippen molar-refractivity contribution in [3.8, 4) is 0 Å². The molecule has 5 nitrogen and oxygen atoms in total. The van der Waals surface area contributed by atoms with Crippen LogP contribution in [0, 0.1) is 0 Å². The highest BCUT2D eigenvalue weighted by molar-refractivity contribution is 5.92. The van der Waals surface area contributed by atoms with Crippen LogP contribution >= 0.6 is 0 Å². The standard InChI is InChI=1S/C13H22N2O3/c1-18-11-9-15-8-5-6-12(15)13(17)14-7-3-2-4-10-16/h5-6,8,16H,2-4,7,9-11H2,1H3,(H,14,17). The summed E-state index contributed by atoms with van der Waals surface area (Å²) in [6.45, 7) is 2.13. The molecular weight excluding hydrogens is 232 g/mol. The van der Waals surface area contributed by atoms with E-state index in [-0.39, 0.29) is 12.5 Å². The molecule has 102 valence electrons. The van der Waals surface area contributed by atoms with Crippen LogP contribution in [0.4, 0.5) is 0 Å². The zero-order chi connectivity index (χ0) is 13.2. The fraction of sp³-hybridized carbons (Fsp3) is 0.615. The van der Waals surface area contributed by atoms with E-state index in [9.17, 15) is 4.79 Å². The Morgan fingerprint density at radius 3 is 3.00 bits per heavy atom. The minimum absolute atomic E-state index is 0.0555. The molecule has 0 atom stereocenters. The second kappa shape index (κ2) is 8.72. The Kier molecular flexibility index (Phi) is 7.13. The molecular formula is C13H22N2O3. The molecule has 1 aromatic rings. The van der Waals surface area contributed by atoms with Crippen LogP contribution in [0.1, 0.15) is 29.8 Å². The van der Waals surface area contributed by atoms with Crippen LogP contribution in [-0.2, 0) is 11.3 Å². The number of amides is 1. The lowest BCUT2D eigenvalue weighted by atomic mass is 10.2. The molecule has 0 aliphatic heterocycles. The maximum absolute atomic E-state index is 11.9. The molecule has 0 spiro atoms. The van der Waals surface area contributed by atoms with Crippen molar-refractivity contribution in [3.63, 3.8) is 0 Å². The molecule has 0 saturated carbocycles. The van der Waals surface area contributed by atoms with E-state index in [2.05, 4.69) is 5.32 Å². The molecule has 1 heterocycles. The summed E-state index contributed by atoms with van der Waals surface area (Å²) in [7, 11) is 1.64. The fourth-order valence-electron chi connectivity index (χ4n) is 1.71. The van der Waals surface area contributed by atoms with Gasteiger partial charge in [-0.25, -0.2) is 0 Å². The summed E-state index contributed by atoms with van der Waals surface area (Å²) >= 11 is 0. The number of ether oxygens (including phenoxy) is 1. The summed E-state index contributed by atoms with van der Waals surface area (Å²) in [5, 5.41) is 11.5. The molecule has 0 bridgehead atoms. The number of methoxy groups -OCH3 is 1. The van der Waals surface area contributed by atoms with Gasteiger partial charge < -0.3 is 19.7 Å². The van der Waals surface area contributed by atoms with E-state index < -0.39 is 0 Å². The van der Waals surface area contributed by atoms with Crippen molar-refractivity contribution < 1.29 is 14.6 Å². The topological polar surface area (TPSA) is 63.5 Å². The fourth-order valence-corrected chi connectivity index (χ4v) is 1.71. The van der Waals surface area contributed by atoms with E-state index in [4.69, 9.17) is 9.84 Å². The third-order valence-corrected chi connectivity index (χ3v) is 2.72. The number of aromatic nitrogens is 1. The second-order valence-electron chi connectivity index (χ2n) is 4.12. The highest BCUT2D eigenvalue weighted by atomic mass is 16.5. The maximum Gasteiger partial charge on any atom is 0.267 e. The third kappa shape index (κ3) is 4.89. The largest absolute Gasteiger partial charge is 0.396 e. The number of hydrogen-bond acceptors (Lipinski definition) is 3. The van der Waals surface area contributed by atoms with Crippen LogP contribution in [0.15, 0.2) is 18.3 Å². The first-order chi connectivity index (χ1) is 8.79. The number of carbonyl (C=O) groups is 1. The van der Waals surface area contributed by atoms with Crippen LogP contribution in [0.25, 0.3) is 0 Å². The van der Waals surface area contributed by atoms with Gasteiger partial charge in [-0.2, -0.15) is 0 Å². The first-order valence-electron chi connectivity index (χ1n) is 6.32. The van der Waals surface area contributed by atoms with Gasteiger partial charge in [0.25, 0.3) is 5.91 Å². The summed E-state index contributed by atoms with van der Waals surface area (Å²) in [5.41, 5.74) is 0.661. The zero-order valence-electron chi connectivity index (χ0n) is 10.9. The SMILES string of the molecule is COCCn1cccc1C(=O)NCCCCCO. The number of unbranched alkanes of at least 4 members (excludes halogenated alkanes) is 2. The highest BCUT2D eigenvalue weighted by Crippen LogP contribution is 2.02. The molecule has 1 aromatic heterocycles. The van der Waals surface area contributed by atoms with E-state index in [1.807, 2.05) is 16.8 Å². The quantitative estimate of drug-likeness (QED) is 0.647. The van der Waals surface area contributed by atoms with Gasteiger partial charge >= 0.3 is 0 Å². The Labute approximate surface area is 108 Å². The van der Waals surface area contributed by atoms with Crippen molar-refractivity contribution >= 4 is 5.91 Å². The minimum Gasteiger partial charge on any atom is -0.396 e. The van der Waals surface area contributed by atoms with Gasteiger partial charge in [-0.05, 0) is 31.4 Å². The normalized spacial score (nSPS) is 10.6. The average molecular weight is 254 g/mol. The monoisotopic (exact) mass is 254 g/mol. The number of aliphatic hydroxyl groups excluding tert-OH is 1. The smallest absolute Gasteiger partial charge is 0.267 e. The van der Waals surface area contributed by atoms with Crippen LogP contribution < -0.4 is 5.32 Å². The molecule has 1 amide bonds. The Bertz CT molecular complexity index is 350. The Morgan fingerprint density at radius 1 is 1.44 bits per heavy atom. The van der Waals surface area contributed by atoms with Gasteiger partial charge in [0, 0.05) is 33.0 Å². The van der Waals surface area contributed by atoms with E-state index in [0.717, 1.165) is 19.3 Å². The summed E-state index contributed by atoms with van der Waals surface area (Å²) in [6, 6.07) is 3.66. The van der Waals surface area contributed by atoms with Crippen LogP contribution in [-0.4, -0.2) is 42.4 Å². The molecule has 5 heteroatoms. The van der Waals surface area contributed by atoms with Crippen LogP contribution in [0.2, 0.25) is 0 Å². The minimum atomic E-state index is -0.0555. The lowest BCUT2D eigenvalue weighted by Gasteiger charge is -2.09. The molecule has 0 aliphatic carbocycles. The van der Waals surface area contributed by atoms with Crippen molar-refractivity contribution in [2.24, 2.45) is 0 Å². The van der Waals surface area contributed by atoms with Crippen molar-refractivity contribution in [2.45, 2.75) is 25.8 Å². The van der Waals surface area contributed by atoms with Gasteiger partial charge in [0.15, 0.2) is 0 Å². The molecule has 0 aliphatic rings. The van der Waals surface area contributed by atoms with Gasteiger partial charge in [-0.3, -0.25) is 4.79 Å². The van der Waals surface area contributed by atoms with E-state index in [0.29, 0.717) is 25.4 Å². The second-order valence-corrected chi connectivity index (χ2v) is 4.12. The van der Waals surface area contributed by atoms with Crippen LogP contribution in [0.5, 0.6) is 0 Å². The summed E-state index contributed by atoms with van der Waals surface area (Å²) < 4.78 is 6.88. The molecule has 0 saturated heterocycles. The lowest BCUT2D eigenvalue weighted by Crippen LogP contribution is -2.27. The predicted molar refractivity (Wildman–Crippen MR) is 69.6 cm³/mol. The maximum atomic E-state index is 11.9. The summed E-state index contributed by atoms with van der Waals surface area (Å²) in [5.74, 6) is -0.0555. The number of hydrogen-bond donors (Lipinski definition) is 2. The van der Waals surface area contributed by atoms with Gasteiger partial charge in [0.2, 0.25) is 0 Å². The van der Waals surface area contributed by atoms with E-state index in [1.54, 1.807) is 13.2 Å². The Morgan fingerprint density at radius 2 is 2.28 bits per heavy atom. The highest BCUT2D eigenvalue weighted by Gasteiger charge is 2.09. The van der Waals surface area contributed by atoms with Gasteiger partial charge in [-0.15, -0.1) is 0 Å². The summed E-state index contributed by atoms with van der Waals surface area (Å²) in [4.78, 5) is 11.9. The van der Waals surface area contributed by atoms with E-state index in [1.165, 1.54) is 0 Å². The molecule has 18 heavy (non-hydrogen) atoms. The number of aliphatic hydroxyl groups is 1.